The van der Waals surface area contributed by atoms with Gasteiger partial charge < -0.3 is 5.32 Å². The fourth-order valence-corrected chi connectivity index (χ4v) is 1.94. The molecule has 1 aromatic heterocycles. The molecule has 1 aromatic rings. The molecule has 1 rings (SSSR count). The molecule has 0 radical (unpaired) electrons. The van der Waals surface area contributed by atoms with Crippen molar-refractivity contribution in [1.82, 2.24) is 15.3 Å². The highest BCUT2D eigenvalue weighted by molar-refractivity contribution is 5.10. The maximum Gasteiger partial charge on any atom is 0.0643 e. The minimum atomic E-state index is 0.0792. The minimum absolute atomic E-state index is 0.0792. The molecule has 0 aromatic carbocycles. The van der Waals surface area contributed by atoms with Gasteiger partial charge in [0.25, 0.3) is 0 Å². The smallest absolute Gasteiger partial charge is 0.0643 e. The molecule has 0 bridgehead atoms. The largest absolute Gasteiger partial charge is 0.314 e. The normalized spacial score (nSPS) is 13.9. The zero-order valence-electron chi connectivity index (χ0n) is 10.1. The first-order valence-corrected chi connectivity index (χ1v) is 5.56. The Bertz CT molecular complexity index is 282. The molecule has 3 heteroatoms. The van der Waals surface area contributed by atoms with Gasteiger partial charge in [0.2, 0.25) is 0 Å². The molecule has 0 saturated heterocycles. The van der Waals surface area contributed by atoms with Crippen molar-refractivity contribution < 1.29 is 0 Å². The number of hydrogen-bond donors (Lipinski definition) is 1. The third-order valence-electron chi connectivity index (χ3n) is 2.63. The zero-order chi connectivity index (χ0) is 11.3. The topological polar surface area (TPSA) is 37.8 Å². The Morgan fingerprint density at radius 2 is 2.13 bits per heavy atom. The monoisotopic (exact) mass is 207 g/mol. The highest BCUT2D eigenvalue weighted by Crippen LogP contribution is 2.25. The Morgan fingerprint density at radius 1 is 1.40 bits per heavy atom. The number of aromatic nitrogens is 2. The van der Waals surface area contributed by atoms with Gasteiger partial charge >= 0.3 is 0 Å². The molecule has 1 heterocycles. The van der Waals surface area contributed by atoms with Gasteiger partial charge in [-0.1, -0.05) is 20.8 Å². The second-order valence-corrected chi connectivity index (χ2v) is 4.64. The first-order chi connectivity index (χ1) is 7.06. The minimum Gasteiger partial charge on any atom is -0.314 e. The van der Waals surface area contributed by atoms with Gasteiger partial charge in [-0.2, -0.15) is 0 Å². The summed E-state index contributed by atoms with van der Waals surface area (Å²) in [7, 11) is 0. The summed E-state index contributed by atoms with van der Waals surface area (Å²) >= 11 is 0. The fourth-order valence-electron chi connectivity index (χ4n) is 1.94. The summed E-state index contributed by atoms with van der Waals surface area (Å²) in [5.41, 5.74) is 1.14. The summed E-state index contributed by atoms with van der Waals surface area (Å²) in [6, 6.07) is 0.506. The average Bonchev–Trinajstić information content (AvgIpc) is 2.18. The lowest BCUT2D eigenvalue weighted by atomic mass is 9.83. The van der Waals surface area contributed by atoms with Gasteiger partial charge in [0.05, 0.1) is 5.69 Å². The first-order valence-electron chi connectivity index (χ1n) is 5.56. The summed E-state index contributed by atoms with van der Waals surface area (Å²) in [5, 5.41) is 3.42. The van der Waals surface area contributed by atoms with Gasteiger partial charge in [0, 0.05) is 30.0 Å². The molecule has 0 spiro atoms. The predicted molar refractivity (Wildman–Crippen MR) is 62.8 cm³/mol. The maximum absolute atomic E-state index is 4.37. The highest BCUT2D eigenvalue weighted by atomic mass is 14.9. The van der Waals surface area contributed by atoms with Crippen molar-refractivity contribution in [1.29, 1.82) is 0 Å². The second kappa shape index (κ2) is 5.21. The van der Waals surface area contributed by atoms with Crippen LogP contribution in [0.4, 0.5) is 0 Å². The van der Waals surface area contributed by atoms with Crippen LogP contribution >= 0.6 is 0 Å². The van der Waals surface area contributed by atoms with E-state index in [1.807, 2.05) is 6.20 Å². The van der Waals surface area contributed by atoms with Crippen LogP contribution < -0.4 is 5.32 Å². The lowest BCUT2D eigenvalue weighted by molar-refractivity contribution is 0.385. The van der Waals surface area contributed by atoms with E-state index in [-0.39, 0.29) is 5.41 Å². The maximum atomic E-state index is 4.37. The van der Waals surface area contributed by atoms with Crippen LogP contribution in [0.3, 0.4) is 0 Å². The van der Waals surface area contributed by atoms with Gasteiger partial charge in [0.15, 0.2) is 0 Å². The number of hydrogen-bond acceptors (Lipinski definition) is 3. The van der Waals surface area contributed by atoms with Crippen molar-refractivity contribution in [2.45, 2.75) is 45.6 Å². The predicted octanol–water partition coefficient (Wildman–Crippen LogP) is 2.14. The summed E-state index contributed by atoms with van der Waals surface area (Å²) in [6.07, 6.45) is 6.40. The van der Waals surface area contributed by atoms with E-state index in [2.05, 4.69) is 43.0 Å². The van der Waals surface area contributed by atoms with Crippen LogP contribution in [0.25, 0.3) is 0 Å². The third-order valence-corrected chi connectivity index (χ3v) is 2.63. The second-order valence-electron chi connectivity index (χ2n) is 4.64. The number of nitrogens with one attached hydrogen (secondary N) is 1. The summed E-state index contributed by atoms with van der Waals surface area (Å²) in [6.45, 7) is 9.78. The highest BCUT2D eigenvalue weighted by Gasteiger charge is 2.24. The van der Waals surface area contributed by atoms with Crippen molar-refractivity contribution in [3.05, 3.63) is 24.3 Å². The molecular weight excluding hydrogens is 186 g/mol. The molecule has 0 aliphatic carbocycles. The van der Waals surface area contributed by atoms with Gasteiger partial charge in [0.1, 0.15) is 0 Å². The van der Waals surface area contributed by atoms with Gasteiger partial charge in [-0.25, -0.2) is 0 Å². The molecule has 0 amide bonds. The Balaban J connectivity index is 2.67. The molecule has 0 aliphatic rings. The molecule has 3 nitrogen and oxygen atoms in total. The lowest BCUT2D eigenvalue weighted by Gasteiger charge is -2.27. The van der Waals surface area contributed by atoms with E-state index in [0.717, 1.165) is 18.7 Å². The zero-order valence-corrected chi connectivity index (χ0v) is 10.1. The molecule has 1 unspecified atom stereocenters. The van der Waals surface area contributed by atoms with E-state index >= 15 is 0 Å². The molecule has 84 valence electrons. The molecule has 1 N–H and O–H groups in total. The van der Waals surface area contributed by atoms with Crippen LogP contribution in [0.5, 0.6) is 0 Å². The molecule has 15 heavy (non-hydrogen) atoms. The number of rotatable bonds is 5. The molecular formula is C12H21N3. The van der Waals surface area contributed by atoms with E-state index in [1.54, 1.807) is 12.4 Å². The van der Waals surface area contributed by atoms with Gasteiger partial charge in [-0.3, -0.25) is 9.97 Å². The van der Waals surface area contributed by atoms with Crippen molar-refractivity contribution in [3.63, 3.8) is 0 Å². The van der Waals surface area contributed by atoms with Crippen molar-refractivity contribution in [2.75, 3.05) is 6.54 Å². The van der Waals surface area contributed by atoms with Crippen molar-refractivity contribution in [3.8, 4) is 0 Å². The first kappa shape index (κ1) is 12.1. The molecule has 0 fully saturated rings. The van der Waals surface area contributed by atoms with Crippen molar-refractivity contribution in [2.24, 2.45) is 0 Å². The Labute approximate surface area is 92.3 Å². The lowest BCUT2D eigenvalue weighted by Crippen LogP contribution is -2.33. The SMILES string of the molecule is CCNC(C)CC(C)(C)c1cnccn1. The third kappa shape index (κ3) is 3.59. The van der Waals surface area contributed by atoms with Gasteiger partial charge in [-0.05, 0) is 19.9 Å². The van der Waals surface area contributed by atoms with Crippen LogP contribution in [0.15, 0.2) is 18.6 Å². The van der Waals surface area contributed by atoms with Crippen molar-refractivity contribution >= 4 is 0 Å². The average molecular weight is 207 g/mol. The van der Waals surface area contributed by atoms with Crippen LogP contribution in [0, 0.1) is 0 Å². The Hall–Kier alpha value is -0.960. The van der Waals surface area contributed by atoms with Crippen LogP contribution in [0.2, 0.25) is 0 Å². The van der Waals surface area contributed by atoms with E-state index in [4.69, 9.17) is 0 Å². The Morgan fingerprint density at radius 3 is 2.67 bits per heavy atom. The molecule has 1 atom stereocenters. The van der Waals surface area contributed by atoms with E-state index in [9.17, 15) is 0 Å². The summed E-state index contributed by atoms with van der Waals surface area (Å²) in [4.78, 5) is 8.49. The van der Waals surface area contributed by atoms with E-state index in [1.165, 1.54) is 0 Å². The van der Waals surface area contributed by atoms with Crippen LogP contribution in [-0.4, -0.2) is 22.6 Å². The van der Waals surface area contributed by atoms with E-state index < -0.39 is 0 Å². The molecule has 0 saturated carbocycles. The Kier molecular flexibility index (Phi) is 4.21. The fraction of sp³-hybridized carbons (Fsp3) is 0.667. The van der Waals surface area contributed by atoms with Crippen LogP contribution in [0.1, 0.15) is 39.8 Å². The van der Waals surface area contributed by atoms with E-state index in [0.29, 0.717) is 6.04 Å². The molecule has 0 aliphatic heterocycles. The summed E-state index contributed by atoms with van der Waals surface area (Å²) < 4.78 is 0. The standard InChI is InChI=1S/C12H21N3/c1-5-14-10(2)8-12(3,4)11-9-13-6-7-15-11/h6-7,9-10,14H,5,8H2,1-4H3. The van der Waals surface area contributed by atoms with Crippen LogP contribution in [-0.2, 0) is 5.41 Å². The quantitative estimate of drug-likeness (QED) is 0.804. The summed E-state index contributed by atoms with van der Waals surface area (Å²) in [5.74, 6) is 0. The number of nitrogens with zero attached hydrogens (tertiary/aromatic N) is 2. The van der Waals surface area contributed by atoms with Gasteiger partial charge in [-0.15, -0.1) is 0 Å².